The van der Waals surface area contributed by atoms with Crippen LogP contribution in [0.25, 0.3) is 0 Å². The molecule has 2 aromatic carbocycles. The summed E-state index contributed by atoms with van der Waals surface area (Å²) in [5.41, 5.74) is 1.14. The predicted octanol–water partition coefficient (Wildman–Crippen LogP) is 1.46. The molecule has 2 aromatic rings. The number of aliphatic hydroxyl groups is 1. The van der Waals surface area contributed by atoms with E-state index in [0.717, 1.165) is 12.0 Å². The van der Waals surface area contributed by atoms with Gasteiger partial charge >= 0.3 is 6.03 Å². The molecule has 0 aliphatic carbocycles. The lowest BCUT2D eigenvalue weighted by molar-refractivity contribution is -0.127. The molecule has 0 bridgehead atoms. The Labute approximate surface area is 197 Å². The molecule has 3 N–H and O–H groups in total. The van der Waals surface area contributed by atoms with E-state index in [-0.39, 0.29) is 13.2 Å². The van der Waals surface area contributed by atoms with Crippen LogP contribution in [0.4, 0.5) is 4.79 Å². The van der Waals surface area contributed by atoms with Gasteiger partial charge < -0.3 is 25.0 Å². The summed E-state index contributed by atoms with van der Waals surface area (Å²) in [6.07, 6.45) is -0.763. The Hall–Kier alpha value is -3.30. The van der Waals surface area contributed by atoms with Crippen LogP contribution in [0, 0.1) is 0 Å². The number of hydrogen-bond donors (Lipinski definition) is 3. The number of urea groups is 1. The van der Waals surface area contributed by atoms with Gasteiger partial charge in [-0.05, 0) is 36.2 Å². The molecule has 174 valence electrons. The molecule has 3 unspecified atom stereocenters. The van der Waals surface area contributed by atoms with Crippen LogP contribution < -0.4 is 15.4 Å². The van der Waals surface area contributed by atoms with Crippen LogP contribution in [0.2, 0.25) is 5.02 Å². The first-order chi connectivity index (χ1) is 15.9. The van der Waals surface area contributed by atoms with Gasteiger partial charge in [-0.15, -0.1) is 0 Å². The number of likely N-dealkylation sites (N-methyl/N-ethyl adjacent to an activating group) is 1. The van der Waals surface area contributed by atoms with Gasteiger partial charge in [0.05, 0.1) is 6.54 Å². The lowest BCUT2D eigenvalue weighted by Gasteiger charge is -2.35. The van der Waals surface area contributed by atoms with E-state index < -0.39 is 30.2 Å². The number of β-amino-alcohol motifs (C(OH)–C–C–N with tert-alkyl or cyclic N) is 1. The van der Waals surface area contributed by atoms with Crippen LogP contribution in [0.3, 0.4) is 0 Å². The van der Waals surface area contributed by atoms with Crippen molar-refractivity contribution in [2.75, 3.05) is 26.7 Å². The van der Waals surface area contributed by atoms with E-state index in [9.17, 15) is 14.7 Å². The Balaban J connectivity index is 1.46. The van der Waals surface area contributed by atoms with E-state index in [4.69, 9.17) is 16.3 Å². The van der Waals surface area contributed by atoms with E-state index in [0.29, 0.717) is 23.3 Å². The Kier molecular flexibility index (Phi) is 7.00. The second kappa shape index (κ2) is 10.1. The van der Waals surface area contributed by atoms with Gasteiger partial charge in [-0.2, -0.15) is 0 Å². The van der Waals surface area contributed by atoms with Crippen LogP contribution in [0.1, 0.15) is 5.56 Å². The number of nitrogens with one attached hydrogen (secondary N) is 2. The zero-order chi connectivity index (χ0) is 23.4. The Morgan fingerprint density at radius 1 is 1.15 bits per heavy atom. The lowest BCUT2D eigenvalue weighted by atomic mass is 10.1. The monoisotopic (exact) mass is 471 g/mol. The van der Waals surface area contributed by atoms with Gasteiger partial charge in [0.2, 0.25) is 0 Å². The smallest absolute Gasteiger partial charge is 0.325 e. The van der Waals surface area contributed by atoms with Crippen molar-refractivity contribution in [1.29, 1.82) is 0 Å². The Morgan fingerprint density at radius 2 is 1.88 bits per heavy atom. The standard InChI is InChI=1S/C23H26ClN5O4/c1-28-20-19(21(31)27-23(28)32)29(13-17(30)14-33-18-9-7-16(24)8-10-18)22(26-20)25-12-11-15-5-3-2-4-6-15/h2-10,17,19-20,30H,11-14H2,1H3,(H,25,26)(H,27,31,32). The molecule has 9 nitrogen and oxygen atoms in total. The molecule has 0 radical (unpaired) electrons. The molecular formula is C23H26ClN5O4. The van der Waals surface area contributed by atoms with Crippen molar-refractivity contribution >= 4 is 29.5 Å². The first-order valence-electron chi connectivity index (χ1n) is 10.7. The fourth-order valence-corrected chi connectivity index (χ4v) is 3.98. The van der Waals surface area contributed by atoms with Crippen LogP contribution in [-0.2, 0) is 11.2 Å². The highest BCUT2D eigenvalue weighted by Crippen LogP contribution is 2.21. The van der Waals surface area contributed by atoms with Crippen LogP contribution in [0.5, 0.6) is 5.75 Å². The quantitative estimate of drug-likeness (QED) is 0.538. The van der Waals surface area contributed by atoms with Gasteiger partial charge in [-0.25, -0.2) is 4.79 Å². The average molecular weight is 472 g/mol. The first kappa shape index (κ1) is 22.9. The summed E-state index contributed by atoms with van der Waals surface area (Å²) in [6, 6.07) is 15.6. The number of nitrogens with zero attached hydrogens (tertiary/aromatic N) is 3. The predicted molar refractivity (Wildman–Crippen MR) is 124 cm³/mol. The summed E-state index contributed by atoms with van der Waals surface area (Å²) in [6.45, 7) is 0.601. The number of amides is 3. The lowest BCUT2D eigenvalue weighted by Crippen LogP contribution is -2.65. The molecule has 3 amide bonds. The van der Waals surface area contributed by atoms with Gasteiger partial charge in [0.15, 0.2) is 12.0 Å². The third kappa shape index (κ3) is 5.37. The molecule has 0 aromatic heterocycles. The molecule has 4 rings (SSSR count). The highest BCUT2D eigenvalue weighted by atomic mass is 35.5. The van der Waals surface area contributed by atoms with E-state index in [2.05, 4.69) is 15.6 Å². The molecule has 0 spiro atoms. The Morgan fingerprint density at radius 3 is 2.61 bits per heavy atom. The number of hydrogen-bond acceptors (Lipinski definition) is 5. The summed E-state index contributed by atoms with van der Waals surface area (Å²) < 4.78 is 5.65. The number of aliphatic imine (C=N–C) groups is 1. The van der Waals surface area contributed by atoms with Crippen molar-refractivity contribution in [2.24, 2.45) is 4.99 Å². The summed E-state index contributed by atoms with van der Waals surface area (Å²) in [5, 5.41) is 16.8. The molecule has 2 fully saturated rings. The second-order valence-corrected chi connectivity index (χ2v) is 8.39. The molecule has 2 aliphatic rings. The van der Waals surface area contributed by atoms with Crippen LogP contribution in [-0.4, -0.2) is 77.9 Å². The number of benzene rings is 2. The first-order valence-corrected chi connectivity index (χ1v) is 11.1. The zero-order valence-corrected chi connectivity index (χ0v) is 18.9. The van der Waals surface area contributed by atoms with Crippen molar-refractivity contribution in [1.82, 2.24) is 20.4 Å². The molecule has 3 atom stereocenters. The van der Waals surface area contributed by atoms with Crippen molar-refractivity contribution in [3.05, 3.63) is 65.2 Å². The van der Waals surface area contributed by atoms with Crippen molar-refractivity contribution in [3.63, 3.8) is 0 Å². The topological polar surface area (TPSA) is 107 Å². The number of rotatable bonds is 8. The van der Waals surface area contributed by atoms with Crippen molar-refractivity contribution in [3.8, 4) is 5.75 Å². The maximum absolute atomic E-state index is 12.7. The van der Waals surface area contributed by atoms with Gasteiger partial charge in [0, 0.05) is 18.6 Å². The SMILES string of the molecule is CN1C(=O)NC(=O)C2C1NC(=NCCc1ccccc1)N2CC(O)COc1ccc(Cl)cc1. The minimum Gasteiger partial charge on any atom is -0.491 e. The highest BCUT2D eigenvalue weighted by molar-refractivity contribution is 6.30. The fourth-order valence-electron chi connectivity index (χ4n) is 3.86. The molecule has 2 heterocycles. The minimum absolute atomic E-state index is 0.0171. The van der Waals surface area contributed by atoms with Gasteiger partial charge in [-0.1, -0.05) is 41.9 Å². The number of carbonyl (C=O) groups excluding carboxylic acids is 2. The third-order valence-electron chi connectivity index (χ3n) is 5.59. The van der Waals surface area contributed by atoms with Crippen LogP contribution in [0.15, 0.2) is 59.6 Å². The fraction of sp³-hybridized carbons (Fsp3) is 0.348. The number of aliphatic hydroxyl groups excluding tert-OH is 1. The third-order valence-corrected chi connectivity index (χ3v) is 5.84. The largest absolute Gasteiger partial charge is 0.491 e. The summed E-state index contributed by atoms with van der Waals surface area (Å²) in [4.78, 5) is 32.5. The van der Waals surface area contributed by atoms with Gasteiger partial charge in [0.25, 0.3) is 5.91 Å². The van der Waals surface area contributed by atoms with E-state index in [1.165, 1.54) is 4.90 Å². The van der Waals surface area contributed by atoms with Gasteiger partial charge in [0.1, 0.15) is 24.6 Å². The number of guanidine groups is 1. The summed E-state index contributed by atoms with van der Waals surface area (Å²) >= 11 is 5.89. The molecule has 2 saturated heterocycles. The molecule has 0 saturated carbocycles. The number of imide groups is 1. The van der Waals surface area contributed by atoms with E-state index in [1.807, 2.05) is 30.3 Å². The molecule has 2 aliphatic heterocycles. The van der Waals surface area contributed by atoms with E-state index >= 15 is 0 Å². The van der Waals surface area contributed by atoms with Crippen molar-refractivity contribution < 1.29 is 19.4 Å². The van der Waals surface area contributed by atoms with Gasteiger partial charge in [-0.3, -0.25) is 15.1 Å². The average Bonchev–Trinajstić information content (AvgIpc) is 3.16. The molecule has 10 heteroatoms. The molecule has 33 heavy (non-hydrogen) atoms. The minimum atomic E-state index is -0.906. The normalized spacial score (nSPS) is 22.1. The number of fused-ring (bicyclic) bond motifs is 1. The number of halogens is 1. The zero-order valence-electron chi connectivity index (χ0n) is 18.1. The highest BCUT2D eigenvalue weighted by Gasteiger charge is 2.50. The summed E-state index contributed by atoms with van der Waals surface area (Å²) in [5.74, 6) is 0.603. The number of ether oxygens (including phenoxy) is 1. The van der Waals surface area contributed by atoms with E-state index in [1.54, 1.807) is 36.2 Å². The van der Waals surface area contributed by atoms with Crippen LogP contribution >= 0.6 is 11.6 Å². The maximum Gasteiger partial charge on any atom is 0.325 e. The summed E-state index contributed by atoms with van der Waals surface area (Å²) in [7, 11) is 1.61. The Bertz CT molecular complexity index is 1020. The maximum atomic E-state index is 12.7. The number of carbonyl (C=O) groups is 2. The van der Waals surface area contributed by atoms with Crippen molar-refractivity contribution in [2.45, 2.75) is 24.7 Å². The molecular weight excluding hydrogens is 446 g/mol. The second-order valence-electron chi connectivity index (χ2n) is 7.95.